The first kappa shape index (κ1) is 11.3. The summed E-state index contributed by atoms with van der Waals surface area (Å²) >= 11 is 0. The predicted octanol–water partition coefficient (Wildman–Crippen LogP) is 1.06. The maximum absolute atomic E-state index is 11.9. The van der Waals surface area contributed by atoms with Gasteiger partial charge in [-0.05, 0) is 37.5 Å². The minimum absolute atomic E-state index is 0.195. The molecule has 2 aliphatic rings. The van der Waals surface area contributed by atoms with Crippen molar-refractivity contribution in [3.63, 3.8) is 0 Å². The Labute approximate surface area is 105 Å². The van der Waals surface area contributed by atoms with Gasteiger partial charge in [0.1, 0.15) is 0 Å². The van der Waals surface area contributed by atoms with Crippen LogP contribution in [0.25, 0.3) is 0 Å². The standard InChI is InChI=1S/C13H15NO4/c15-12(14-7-13(16)4-1-5-13)9-2-3-10-11(6-9)18-8-17-10/h2-3,6,16H,1,4-5,7-8H2,(H,14,15). The first-order valence-corrected chi connectivity index (χ1v) is 6.07. The second kappa shape index (κ2) is 4.17. The molecule has 1 heterocycles. The summed E-state index contributed by atoms with van der Waals surface area (Å²) in [5.74, 6) is 1.04. The number of hydrogen-bond acceptors (Lipinski definition) is 4. The molecule has 0 saturated heterocycles. The number of carbonyl (C=O) groups excluding carboxylic acids is 1. The number of carbonyl (C=O) groups is 1. The third kappa shape index (κ3) is 2.01. The van der Waals surface area contributed by atoms with Crippen molar-refractivity contribution < 1.29 is 19.4 Å². The van der Waals surface area contributed by atoms with Gasteiger partial charge in [0, 0.05) is 12.1 Å². The molecular weight excluding hydrogens is 234 g/mol. The van der Waals surface area contributed by atoms with Gasteiger partial charge in [-0.2, -0.15) is 0 Å². The van der Waals surface area contributed by atoms with Crippen LogP contribution in [0.1, 0.15) is 29.6 Å². The molecule has 0 atom stereocenters. The van der Waals surface area contributed by atoms with Crippen LogP contribution in [0.5, 0.6) is 11.5 Å². The number of hydrogen-bond donors (Lipinski definition) is 2. The number of nitrogens with one attached hydrogen (secondary N) is 1. The lowest BCUT2D eigenvalue weighted by Crippen LogP contribution is -2.47. The summed E-state index contributed by atoms with van der Waals surface area (Å²) < 4.78 is 10.4. The smallest absolute Gasteiger partial charge is 0.251 e. The van der Waals surface area contributed by atoms with E-state index in [-0.39, 0.29) is 12.7 Å². The summed E-state index contributed by atoms with van der Waals surface area (Å²) in [5, 5.41) is 12.6. The summed E-state index contributed by atoms with van der Waals surface area (Å²) in [6.07, 6.45) is 2.54. The zero-order valence-corrected chi connectivity index (χ0v) is 9.94. The van der Waals surface area contributed by atoms with Gasteiger partial charge in [0.05, 0.1) is 5.60 Å². The fourth-order valence-electron chi connectivity index (χ4n) is 2.15. The van der Waals surface area contributed by atoms with Crippen molar-refractivity contribution >= 4 is 5.91 Å². The van der Waals surface area contributed by atoms with Crippen molar-refractivity contribution in [3.05, 3.63) is 23.8 Å². The van der Waals surface area contributed by atoms with E-state index < -0.39 is 5.60 Å². The van der Waals surface area contributed by atoms with E-state index >= 15 is 0 Å². The Morgan fingerprint density at radius 1 is 1.33 bits per heavy atom. The Hall–Kier alpha value is -1.75. The fraction of sp³-hybridized carbons (Fsp3) is 0.462. The van der Waals surface area contributed by atoms with E-state index in [9.17, 15) is 9.90 Å². The van der Waals surface area contributed by atoms with Gasteiger partial charge in [-0.25, -0.2) is 0 Å². The van der Waals surface area contributed by atoms with Crippen molar-refractivity contribution in [2.45, 2.75) is 24.9 Å². The summed E-state index contributed by atoms with van der Waals surface area (Å²) in [6.45, 7) is 0.500. The van der Waals surface area contributed by atoms with Gasteiger partial charge in [-0.1, -0.05) is 0 Å². The van der Waals surface area contributed by atoms with E-state index in [0.717, 1.165) is 19.3 Å². The van der Waals surface area contributed by atoms with Crippen molar-refractivity contribution in [3.8, 4) is 11.5 Å². The first-order chi connectivity index (χ1) is 8.66. The topological polar surface area (TPSA) is 67.8 Å². The third-order valence-electron chi connectivity index (χ3n) is 3.50. The highest BCUT2D eigenvalue weighted by atomic mass is 16.7. The zero-order chi connectivity index (χ0) is 12.6. The van der Waals surface area contributed by atoms with Gasteiger partial charge < -0.3 is 19.9 Å². The second-order valence-electron chi connectivity index (χ2n) is 4.83. The number of rotatable bonds is 3. The van der Waals surface area contributed by atoms with Crippen LogP contribution in [0.4, 0.5) is 0 Å². The van der Waals surface area contributed by atoms with Gasteiger partial charge in [-0.15, -0.1) is 0 Å². The van der Waals surface area contributed by atoms with Crippen LogP contribution in [-0.4, -0.2) is 30.0 Å². The molecule has 0 radical (unpaired) electrons. The molecule has 0 aromatic heterocycles. The predicted molar refractivity (Wildman–Crippen MR) is 63.7 cm³/mol. The van der Waals surface area contributed by atoms with E-state index in [2.05, 4.69) is 5.32 Å². The van der Waals surface area contributed by atoms with E-state index in [1.807, 2.05) is 0 Å². The van der Waals surface area contributed by atoms with Gasteiger partial charge in [0.2, 0.25) is 6.79 Å². The Morgan fingerprint density at radius 2 is 2.11 bits per heavy atom. The summed E-state index contributed by atoms with van der Waals surface area (Å²) in [7, 11) is 0. The Bertz CT molecular complexity index is 482. The fourth-order valence-corrected chi connectivity index (χ4v) is 2.15. The lowest BCUT2D eigenvalue weighted by Gasteiger charge is -2.36. The highest BCUT2D eigenvalue weighted by Gasteiger charge is 2.34. The Balaban J connectivity index is 1.65. The van der Waals surface area contributed by atoms with Crippen LogP contribution in [0, 0.1) is 0 Å². The molecule has 1 aromatic carbocycles. The summed E-state index contributed by atoms with van der Waals surface area (Å²) in [5.41, 5.74) is -0.186. The molecular formula is C13H15NO4. The normalized spacial score (nSPS) is 19.2. The van der Waals surface area contributed by atoms with Crippen LogP contribution in [-0.2, 0) is 0 Å². The largest absolute Gasteiger partial charge is 0.454 e. The zero-order valence-electron chi connectivity index (χ0n) is 9.94. The monoisotopic (exact) mass is 249 g/mol. The van der Waals surface area contributed by atoms with Crippen LogP contribution < -0.4 is 14.8 Å². The number of ether oxygens (including phenoxy) is 2. The average Bonchev–Trinajstić information content (AvgIpc) is 2.80. The number of benzene rings is 1. The molecule has 2 N–H and O–H groups in total. The van der Waals surface area contributed by atoms with Crippen molar-refractivity contribution in [2.75, 3.05) is 13.3 Å². The van der Waals surface area contributed by atoms with Crippen molar-refractivity contribution in [1.29, 1.82) is 0 Å². The lowest BCUT2D eigenvalue weighted by atomic mass is 9.80. The maximum Gasteiger partial charge on any atom is 0.251 e. The molecule has 18 heavy (non-hydrogen) atoms. The third-order valence-corrected chi connectivity index (χ3v) is 3.50. The first-order valence-electron chi connectivity index (χ1n) is 6.07. The van der Waals surface area contributed by atoms with E-state index in [1.54, 1.807) is 18.2 Å². The molecule has 1 aliphatic heterocycles. The molecule has 0 spiro atoms. The number of fused-ring (bicyclic) bond motifs is 1. The van der Waals surface area contributed by atoms with Gasteiger partial charge >= 0.3 is 0 Å². The summed E-state index contributed by atoms with van der Waals surface area (Å²) in [6, 6.07) is 5.06. The highest BCUT2D eigenvalue weighted by Crippen LogP contribution is 2.33. The SMILES string of the molecule is O=C(NCC1(O)CCC1)c1ccc2c(c1)OCO2. The van der Waals surface area contributed by atoms with Crippen molar-refractivity contribution in [1.82, 2.24) is 5.32 Å². The van der Waals surface area contributed by atoms with Gasteiger partial charge in [0.25, 0.3) is 5.91 Å². The van der Waals surface area contributed by atoms with E-state index in [0.29, 0.717) is 23.6 Å². The molecule has 1 saturated carbocycles. The molecule has 1 amide bonds. The lowest BCUT2D eigenvalue weighted by molar-refractivity contribution is -0.0300. The van der Waals surface area contributed by atoms with Crippen LogP contribution in [0.2, 0.25) is 0 Å². The maximum atomic E-state index is 11.9. The minimum Gasteiger partial charge on any atom is -0.454 e. The number of amides is 1. The molecule has 0 unspecified atom stereocenters. The minimum atomic E-state index is -0.702. The molecule has 3 rings (SSSR count). The highest BCUT2D eigenvalue weighted by molar-refractivity contribution is 5.95. The van der Waals surface area contributed by atoms with E-state index in [4.69, 9.17) is 9.47 Å². The Morgan fingerprint density at radius 3 is 2.83 bits per heavy atom. The molecule has 5 heteroatoms. The molecule has 1 aliphatic carbocycles. The Kier molecular flexibility index (Phi) is 2.63. The molecule has 1 fully saturated rings. The quantitative estimate of drug-likeness (QED) is 0.840. The van der Waals surface area contributed by atoms with Crippen LogP contribution in [0.3, 0.4) is 0 Å². The molecule has 0 bridgehead atoms. The molecule has 1 aromatic rings. The number of aliphatic hydroxyl groups is 1. The van der Waals surface area contributed by atoms with E-state index in [1.165, 1.54) is 0 Å². The van der Waals surface area contributed by atoms with Crippen LogP contribution in [0.15, 0.2) is 18.2 Å². The molecule has 96 valence electrons. The van der Waals surface area contributed by atoms with Gasteiger partial charge in [0.15, 0.2) is 11.5 Å². The van der Waals surface area contributed by atoms with Crippen LogP contribution >= 0.6 is 0 Å². The average molecular weight is 249 g/mol. The van der Waals surface area contributed by atoms with Crippen molar-refractivity contribution in [2.24, 2.45) is 0 Å². The van der Waals surface area contributed by atoms with Gasteiger partial charge in [-0.3, -0.25) is 4.79 Å². The summed E-state index contributed by atoms with van der Waals surface area (Å²) in [4.78, 5) is 11.9. The molecule has 5 nitrogen and oxygen atoms in total. The second-order valence-corrected chi connectivity index (χ2v) is 4.83.